The van der Waals surface area contributed by atoms with Crippen molar-refractivity contribution in [3.8, 4) is 0 Å². The minimum absolute atomic E-state index is 0. The van der Waals surface area contributed by atoms with Gasteiger partial charge >= 0.3 is 0 Å². The summed E-state index contributed by atoms with van der Waals surface area (Å²) in [6, 6.07) is 0. The van der Waals surface area contributed by atoms with Gasteiger partial charge < -0.3 is 60.7 Å². The molecule has 2 radical (unpaired) electrons. The zero-order valence-electron chi connectivity index (χ0n) is 8.92. The standard InChI is InChI=1S/K.6HNO2.Rh/c;6*2-1-3;/h;6*(H,2,3);/p-6. The van der Waals surface area contributed by atoms with E-state index in [1.807, 2.05) is 0 Å². The van der Waals surface area contributed by atoms with E-state index in [2.05, 4.69) is 0 Å². The third-order valence-corrected chi connectivity index (χ3v) is 0. The van der Waals surface area contributed by atoms with Crippen LogP contribution in [0, 0.1) is 60.7 Å². The summed E-state index contributed by atoms with van der Waals surface area (Å²) in [5, 5.41) is 54.0. The fourth-order valence-corrected chi connectivity index (χ4v) is 0. The van der Waals surface area contributed by atoms with Crippen molar-refractivity contribution in [2.75, 3.05) is 0 Å². The van der Waals surface area contributed by atoms with E-state index in [0.29, 0.717) is 0 Å². The molecule has 0 fully saturated rings. The molecule has 0 N–H and O–H groups in total. The van der Waals surface area contributed by atoms with Crippen LogP contribution in [-0.4, -0.2) is 51.4 Å². The maximum Gasteiger partial charge on any atom is 0 e. The fourth-order valence-electron chi connectivity index (χ4n) is 0. The molecule has 0 aromatic rings. The molecule has 0 amide bonds. The van der Waals surface area contributed by atoms with Gasteiger partial charge in [0.05, 0.1) is 0 Å². The molecule has 118 valence electrons. The monoisotopic (exact) mass is 418 g/mol. The Labute approximate surface area is 162 Å². The average Bonchev–Trinajstić information content (AvgIpc) is 2.23. The second-order valence-electron chi connectivity index (χ2n) is 0.447. The summed E-state index contributed by atoms with van der Waals surface area (Å²) < 4.78 is 0. The van der Waals surface area contributed by atoms with Crippen LogP contribution in [0.2, 0.25) is 0 Å². The molecule has 0 unspecified atom stereocenters. The van der Waals surface area contributed by atoms with E-state index in [0.717, 1.165) is 32.0 Å². The van der Waals surface area contributed by atoms with Crippen LogP contribution in [0.4, 0.5) is 0 Å². The molecule has 0 spiro atoms. The largest absolute Gasteiger partial charge is 0.444 e. The predicted octanol–water partition coefficient (Wildman–Crippen LogP) is 1.12. The fraction of sp³-hybridized carbons (Fsp3) is 0. The van der Waals surface area contributed by atoms with E-state index in [1.165, 1.54) is 0 Å². The van der Waals surface area contributed by atoms with Crippen molar-refractivity contribution in [2.45, 2.75) is 0 Å². The van der Waals surface area contributed by atoms with Gasteiger partial charge in [0.15, 0.2) is 0 Å². The Bertz CT molecular complexity index is 119. The summed E-state index contributed by atoms with van der Waals surface area (Å²) in [4.78, 5) is 48.0. The molecule has 0 rings (SSSR count). The number of nitrogens with zero attached hydrogens (tertiary/aromatic N) is 6. The van der Waals surface area contributed by atoms with E-state index >= 15 is 0 Å². The second kappa shape index (κ2) is 226. The van der Waals surface area contributed by atoms with Crippen molar-refractivity contribution in [3.63, 3.8) is 0 Å². The molecular weight excluding hydrogens is 418 g/mol. The van der Waals surface area contributed by atoms with Gasteiger partial charge in [0.25, 0.3) is 0 Å². The van der Waals surface area contributed by atoms with Crippen LogP contribution in [0.3, 0.4) is 0 Å². The van der Waals surface area contributed by atoms with E-state index in [4.69, 9.17) is 60.7 Å². The first-order valence-electron chi connectivity index (χ1n) is 2.19. The Morgan fingerprint density at radius 3 is 0.400 bits per heavy atom. The van der Waals surface area contributed by atoms with E-state index in [1.54, 1.807) is 0 Å². The maximum absolute atomic E-state index is 8.00. The Morgan fingerprint density at radius 2 is 0.400 bits per heavy atom. The molecule has 0 atom stereocenters. The third-order valence-electron chi connectivity index (χ3n) is 0. The summed E-state index contributed by atoms with van der Waals surface area (Å²) in [5.74, 6) is 0. The maximum atomic E-state index is 8.00. The summed E-state index contributed by atoms with van der Waals surface area (Å²) in [6.07, 6.45) is 0. The Morgan fingerprint density at radius 1 is 0.400 bits per heavy atom. The van der Waals surface area contributed by atoms with Crippen LogP contribution in [0.15, 0.2) is 32.0 Å². The van der Waals surface area contributed by atoms with Crippen molar-refractivity contribution < 1.29 is 19.5 Å². The summed E-state index contributed by atoms with van der Waals surface area (Å²) >= 11 is 0. The van der Waals surface area contributed by atoms with Gasteiger partial charge in [-0.3, -0.25) is 0 Å². The Kier molecular flexibility index (Phi) is 578. The van der Waals surface area contributed by atoms with Gasteiger partial charge in [-0.25, -0.2) is 0 Å². The van der Waals surface area contributed by atoms with E-state index < -0.39 is 0 Å². The van der Waals surface area contributed by atoms with Crippen LogP contribution >= 0.6 is 0 Å². The first kappa shape index (κ1) is 51.2. The zero-order chi connectivity index (χ0) is 16.2. The normalized spacial score (nSPS) is 3.60. The molecule has 20 heteroatoms. The molecule has 0 heterocycles. The number of hydrogen-bond donors (Lipinski definition) is 0. The Balaban J connectivity index is -0.0000000141. The van der Waals surface area contributed by atoms with Gasteiger partial charge in [0.2, 0.25) is 0 Å². The smallest absolute Gasteiger partial charge is 0 e. The quantitative estimate of drug-likeness (QED) is 0.303. The molecule has 20 heavy (non-hydrogen) atoms. The second-order valence-corrected chi connectivity index (χ2v) is 0.447. The minimum atomic E-state index is 0. The molecule has 18 nitrogen and oxygen atoms in total. The summed E-state index contributed by atoms with van der Waals surface area (Å²) in [6.45, 7) is 0. The van der Waals surface area contributed by atoms with Gasteiger partial charge in [0.1, 0.15) is 0 Å². The molecule has 0 aliphatic rings. The van der Waals surface area contributed by atoms with Crippen LogP contribution < -0.4 is 0 Å². The van der Waals surface area contributed by atoms with Crippen LogP contribution in [0.25, 0.3) is 0 Å². The molecule has 0 saturated heterocycles. The number of rotatable bonds is 0. The topological polar surface area (TPSA) is 315 Å². The SMILES string of the molecule is O=N[O-].O=N[O-].O=N[O-].O=N[O-].O=N[O-].O=N[O-].[K].[Rh]. The molecule has 0 saturated carbocycles. The molecule has 0 bridgehead atoms. The predicted molar refractivity (Wildman–Crippen MR) is 60.7 cm³/mol. The van der Waals surface area contributed by atoms with Gasteiger partial charge in [0, 0.05) is 70.9 Å². The van der Waals surface area contributed by atoms with Gasteiger partial charge in [-0.05, 0) is 0 Å². The zero-order valence-corrected chi connectivity index (χ0v) is 13.7. The molecule has 0 aromatic heterocycles. The van der Waals surface area contributed by atoms with Crippen LogP contribution in [0.5, 0.6) is 0 Å². The van der Waals surface area contributed by atoms with E-state index in [9.17, 15) is 0 Å². The molecule has 0 aliphatic heterocycles. The van der Waals surface area contributed by atoms with Crippen molar-refractivity contribution in [2.24, 2.45) is 32.0 Å². The van der Waals surface area contributed by atoms with Crippen LogP contribution in [-0.2, 0) is 19.5 Å². The van der Waals surface area contributed by atoms with Gasteiger partial charge in [-0.1, -0.05) is 0 Å². The summed E-state index contributed by atoms with van der Waals surface area (Å²) in [5.41, 5.74) is 0. The van der Waals surface area contributed by atoms with Crippen molar-refractivity contribution in [1.29, 1.82) is 0 Å². The van der Waals surface area contributed by atoms with E-state index in [-0.39, 0.29) is 70.9 Å². The first-order chi connectivity index (χ1) is 8.49. The Hall–Kier alpha value is -1.34. The van der Waals surface area contributed by atoms with Crippen molar-refractivity contribution >= 4 is 51.4 Å². The average molecular weight is 418 g/mol. The third kappa shape index (κ3) is 2270. The summed E-state index contributed by atoms with van der Waals surface area (Å²) in [7, 11) is 0. The minimum Gasteiger partial charge on any atom is -0.444 e. The van der Waals surface area contributed by atoms with Crippen LogP contribution in [0.1, 0.15) is 0 Å². The molecular formula is KN6O12Rh-6. The first-order valence-corrected chi connectivity index (χ1v) is 2.19. The van der Waals surface area contributed by atoms with Gasteiger partial charge in [-0.2, -0.15) is 0 Å². The van der Waals surface area contributed by atoms with Crippen molar-refractivity contribution in [1.82, 2.24) is 0 Å². The molecule has 0 aromatic carbocycles. The van der Waals surface area contributed by atoms with Gasteiger partial charge in [-0.15, -0.1) is 32.0 Å². The number of hydrogen-bond acceptors (Lipinski definition) is 18. The van der Waals surface area contributed by atoms with Crippen molar-refractivity contribution in [3.05, 3.63) is 60.7 Å². The molecule has 0 aliphatic carbocycles.